The van der Waals surface area contributed by atoms with Crippen LogP contribution in [0.4, 0.5) is 8.78 Å². The number of rotatable bonds is 13. The van der Waals surface area contributed by atoms with Crippen molar-refractivity contribution in [1.29, 1.82) is 0 Å². The van der Waals surface area contributed by atoms with E-state index in [-0.39, 0.29) is 40.8 Å². The van der Waals surface area contributed by atoms with E-state index >= 15 is 0 Å². The zero-order valence-corrected chi connectivity index (χ0v) is 24.6. The molecular weight excluding hydrogens is 597 g/mol. The van der Waals surface area contributed by atoms with E-state index in [9.17, 15) is 23.3 Å². The molecule has 2 atom stereocenters. The van der Waals surface area contributed by atoms with Crippen molar-refractivity contribution in [3.63, 3.8) is 0 Å². The number of carbonyl (C=O) groups excluding carboxylic acids is 2. The van der Waals surface area contributed by atoms with Gasteiger partial charge in [-0.1, -0.05) is 23.2 Å². The minimum absolute atomic E-state index is 0.0567. The number of ether oxygens (including phenoxy) is 2. The number of carbonyl (C=O) groups is 2. The van der Waals surface area contributed by atoms with Gasteiger partial charge in [-0.15, -0.1) is 4.91 Å². The van der Waals surface area contributed by atoms with Crippen LogP contribution in [0.15, 0.2) is 41.7 Å². The molecule has 3 saturated carbocycles. The lowest BCUT2D eigenvalue weighted by atomic mass is 9.55. The highest BCUT2D eigenvalue weighted by Crippen LogP contribution is 2.51. The van der Waals surface area contributed by atoms with Gasteiger partial charge in [0.25, 0.3) is 11.8 Å². The smallest absolute Gasteiger partial charge is 0.258 e. The van der Waals surface area contributed by atoms with Gasteiger partial charge in [0.1, 0.15) is 23.1 Å². The normalized spacial score (nSPS) is 23.6. The van der Waals surface area contributed by atoms with Crippen LogP contribution in [-0.4, -0.2) is 48.4 Å². The maximum Gasteiger partial charge on any atom is 0.258 e. The zero-order chi connectivity index (χ0) is 30.5. The van der Waals surface area contributed by atoms with E-state index in [0.29, 0.717) is 32.1 Å². The topological polar surface area (TPSA) is 127 Å². The van der Waals surface area contributed by atoms with Crippen molar-refractivity contribution in [1.82, 2.24) is 16.0 Å². The molecule has 3 aliphatic carbocycles. The zero-order valence-electron chi connectivity index (χ0n) is 23.1. The van der Waals surface area contributed by atoms with Crippen LogP contribution in [0, 0.1) is 22.5 Å². The second-order valence-electron chi connectivity index (χ2n) is 11.0. The monoisotopic (exact) mass is 628 g/mol. The first-order valence-electron chi connectivity index (χ1n) is 13.5. The summed E-state index contributed by atoms with van der Waals surface area (Å²) in [6, 6.07) is 7.69. The van der Waals surface area contributed by atoms with Gasteiger partial charge >= 0.3 is 0 Å². The fourth-order valence-corrected chi connectivity index (χ4v) is 6.06. The third kappa shape index (κ3) is 7.59. The lowest BCUT2D eigenvalue weighted by Gasteiger charge is -2.59. The predicted octanol–water partition coefficient (Wildman–Crippen LogP) is 5.06. The standard InChI is InChI=1S/C28H32Cl2F2N4O6/c1-16(2)33-26(42-36-39)19-13-27(34-24(37)14-40-17-3-5-20(29)22(31)11-17)7-9-28(19,10-8-27)35-25(38)15-41-18-4-6-21(30)23(32)12-18/h3-6,11-12,16,19,26,33H,7-10,13-15H2,1-2H3,(H,34,37)(H,35,38)/t19-,26?,27?,28?/m1/s1. The molecule has 10 nitrogen and oxygen atoms in total. The van der Waals surface area contributed by atoms with Crippen molar-refractivity contribution in [3.05, 3.63) is 63.0 Å². The van der Waals surface area contributed by atoms with E-state index in [2.05, 4.69) is 21.3 Å². The summed E-state index contributed by atoms with van der Waals surface area (Å²) >= 11 is 11.4. The van der Waals surface area contributed by atoms with Gasteiger partial charge in [0.2, 0.25) is 0 Å². The van der Waals surface area contributed by atoms with Gasteiger partial charge in [-0.05, 0) is 70.2 Å². The summed E-state index contributed by atoms with van der Waals surface area (Å²) in [5, 5.41) is 11.9. The molecule has 0 aromatic heterocycles. The average molecular weight is 629 g/mol. The molecule has 3 fully saturated rings. The second-order valence-corrected chi connectivity index (χ2v) is 11.8. The fraction of sp³-hybridized carbons (Fsp3) is 0.500. The average Bonchev–Trinajstić information content (AvgIpc) is 2.94. The van der Waals surface area contributed by atoms with Crippen LogP contribution in [-0.2, 0) is 14.4 Å². The van der Waals surface area contributed by atoms with Crippen LogP contribution in [0.3, 0.4) is 0 Å². The lowest BCUT2D eigenvalue weighted by Crippen LogP contribution is -2.71. The molecule has 2 bridgehead atoms. The molecule has 0 aliphatic heterocycles. The van der Waals surface area contributed by atoms with E-state index in [1.165, 1.54) is 24.3 Å². The molecule has 2 aromatic carbocycles. The number of fused-ring (bicyclic) bond motifs is 3. The summed E-state index contributed by atoms with van der Waals surface area (Å²) in [6.07, 6.45) is 1.47. The number of hydrogen-bond acceptors (Lipinski definition) is 8. The maximum atomic E-state index is 13.8. The Kier molecular flexibility index (Phi) is 10.1. The van der Waals surface area contributed by atoms with E-state index in [1.54, 1.807) is 0 Å². The molecule has 0 heterocycles. The quantitative estimate of drug-likeness (QED) is 0.161. The van der Waals surface area contributed by atoms with Crippen LogP contribution in [0.25, 0.3) is 0 Å². The number of nitrogens with zero attached hydrogens (tertiary/aromatic N) is 1. The molecule has 2 aromatic rings. The van der Waals surface area contributed by atoms with E-state index in [0.717, 1.165) is 12.1 Å². The summed E-state index contributed by atoms with van der Waals surface area (Å²) in [7, 11) is 0. The first-order chi connectivity index (χ1) is 19.9. The van der Waals surface area contributed by atoms with Gasteiger partial charge in [0, 0.05) is 35.2 Å². The second kappa shape index (κ2) is 13.4. The highest BCUT2D eigenvalue weighted by Gasteiger charge is 2.58. The number of hydrogen-bond donors (Lipinski definition) is 3. The largest absolute Gasteiger partial charge is 0.484 e. The van der Waals surface area contributed by atoms with Crippen LogP contribution in [0.1, 0.15) is 46.0 Å². The molecule has 3 N–H and O–H groups in total. The Bertz CT molecular complexity index is 1310. The van der Waals surface area contributed by atoms with Crippen molar-refractivity contribution >= 4 is 35.0 Å². The SMILES string of the molecule is CC(C)NC(ON=O)[C@H]1CC2(NC(=O)COc3ccc(Cl)c(F)c3)CCC1(NC(=O)COc1ccc(Cl)c(F)c1)CC2. The molecule has 0 radical (unpaired) electrons. The minimum Gasteiger partial charge on any atom is -0.484 e. The van der Waals surface area contributed by atoms with Gasteiger partial charge in [0.15, 0.2) is 24.8 Å². The van der Waals surface area contributed by atoms with Crippen molar-refractivity contribution in [3.8, 4) is 11.5 Å². The number of benzene rings is 2. The Balaban J connectivity index is 1.46. The highest BCUT2D eigenvalue weighted by atomic mass is 35.5. The summed E-state index contributed by atoms with van der Waals surface area (Å²) in [4.78, 5) is 42.4. The van der Waals surface area contributed by atoms with Gasteiger partial charge in [-0.3, -0.25) is 14.9 Å². The molecule has 42 heavy (non-hydrogen) atoms. The van der Waals surface area contributed by atoms with E-state index in [1.807, 2.05) is 13.8 Å². The van der Waals surface area contributed by atoms with E-state index in [4.69, 9.17) is 37.5 Å². The first kappa shape index (κ1) is 31.7. The maximum absolute atomic E-state index is 13.8. The lowest BCUT2D eigenvalue weighted by molar-refractivity contribution is -0.141. The highest BCUT2D eigenvalue weighted by molar-refractivity contribution is 6.31. The predicted molar refractivity (Wildman–Crippen MR) is 151 cm³/mol. The first-order valence-corrected chi connectivity index (χ1v) is 14.2. The van der Waals surface area contributed by atoms with Gasteiger partial charge in [-0.25, -0.2) is 8.78 Å². The van der Waals surface area contributed by atoms with Gasteiger partial charge in [0.05, 0.1) is 10.0 Å². The van der Waals surface area contributed by atoms with E-state index < -0.39 is 46.7 Å². The summed E-state index contributed by atoms with van der Waals surface area (Å²) < 4.78 is 38.5. The molecule has 14 heteroatoms. The van der Waals surface area contributed by atoms with Crippen LogP contribution in [0.5, 0.6) is 11.5 Å². The Morgan fingerprint density at radius 1 is 0.929 bits per heavy atom. The van der Waals surface area contributed by atoms with Crippen LogP contribution in [0.2, 0.25) is 10.0 Å². The van der Waals surface area contributed by atoms with Gasteiger partial charge in [-0.2, -0.15) is 0 Å². The van der Waals surface area contributed by atoms with Crippen molar-refractivity contribution in [2.24, 2.45) is 11.3 Å². The number of amides is 2. The Morgan fingerprint density at radius 2 is 1.45 bits per heavy atom. The molecule has 2 amide bonds. The third-order valence-electron chi connectivity index (χ3n) is 7.75. The van der Waals surface area contributed by atoms with Crippen molar-refractivity contribution in [2.75, 3.05) is 13.2 Å². The minimum atomic E-state index is -0.862. The molecule has 228 valence electrons. The number of nitrogens with one attached hydrogen (secondary N) is 3. The molecule has 3 aliphatic rings. The molecule has 0 spiro atoms. The number of halogens is 4. The summed E-state index contributed by atoms with van der Waals surface area (Å²) in [6.45, 7) is 3.02. The summed E-state index contributed by atoms with van der Waals surface area (Å²) in [5.74, 6) is -2.35. The molecule has 0 saturated heterocycles. The van der Waals surface area contributed by atoms with Crippen molar-refractivity contribution < 1.29 is 32.7 Å². The van der Waals surface area contributed by atoms with Crippen molar-refractivity contribution in [2.45, 2.75) is 69.3 Å². The molecule has 5 rings (SSSR count). The van der Waals surface area contributed by atoms with Crippen LogP contribution < -0.4 is 25.4 Å². The van der Waals surface area contributed by atoms with Crippen LogP contribution >= 0.6 is 23.2 Å². The third-order valence-corrected chi connectivity index (χ3v) is 8.37. The summed E-state index contributed by atoms with van der Waals surface area (Å²) in [5.41, 5.74) is -1.46. The Labute approximate surface area is 251 Å². The Morgan fingerprint density at radius 3 is 1.93 bits per heavy atom. The van der Waals surface area contributed by atoms with Gasteiger partial charge < -0.3 is 24.9 Å². The molecule has 1 unspecified atom stereocenters. The molecular formula is C28H32Cl2F2N4O6. The Hall–Kier alpha value is -3.22. The fourth-order valence-electron chi connectivity index (χ4n) is 5.83.